The van der Waals surface area contributed by atoms with Crippen molar-refractivity contribution in [3.63, 3.8) is 0 Å². The Labute approximate surface area is 103 Å². The third kappa shape index (κ3) is 4.58. The minimum Gasteiger partial charge on any atom is -0.388 e. The van der Waals surface area contributed by atoms with E-state index in [2.05, 4.69) is 25.3 Å². The number of benzene rings is 1. The lowest BCUT2D eigenvalue weighted by Crippen LogP contribution is -1.97. The first-order valence-corrected chi connectivity index (χ1v) is 7.32. The molecule has 0 spiro atoms. The number of aliphatic hydroxyl groups is 1. The largest absolute Gasteiger partial charge is 0.388 e. The highest BCUT2D eigenvalue weighted by Gasteiger charge is 2.06. The Morgan fingerprint density at radius 2 is 1.81 bits per heavy atom. The Balaban J connectivity index is 2.37. The van der Waals surface area contributed by atoms with Crippen molar-refractivity contribution in [2.45, 2.75) is 50.0 Å². The van der Waals surface area contributed by atoms with Crippen molar-refractivity contribution < 1.29 is 5.11 Å². The molecule has 1 nitrogen and oxygen atoms in total. The predicted octanol–water partition coefficient (Wildman–Crippen LogP) is 4.41. The number of unbranched alkanes of at least 4 members (excludes halogenated alkanes) is 3. The maximum Gasteiger partial charge on any atom is 0.0790 e. The first kappa shape index (κ1) is 13.6. The normalized spacial score (nSPS) is 12.7. The molecule has 0 saturated carbocycles. The average Bonchev–Trinajstić information content (AvgIpc) is 2.34. The highest BCUT2D eigenvalue weighted by atomic mass is 32.2. The van der Waals surface area contributed by atoms with E-state index in [0.717, 1.165) is 18.4 Å². The lowest BCUT2D eigenvalue weighted by atomic mass is 10.0. The second-order valence-corrected chi connectivity index (χ2v) is 5.02. The standard InChI is InChI=1S/C14H22OS/c1-3-4-5-6-7-14(15)12-8-10-13(16-2)11-9-12/h8-11,14-15H,3-7H2,1-2H3. The summed E-state index contributed by atoms with van der Waals surface area (Å²) in [5.74, 6) is 0. The quantitative estimate of drug-likeness (QED) is 0.561. The Hall–Kier alpha value is -0.470. The molecule has 90 valence electrons. The zero-order valence-corrected chi connectivity index (χ0v) is 11.1. The van der Waals surface area contributed by atoms with Gasteiger partial charge in [-0.1, -0.05) is 44.7 Å². The summed E-state index contributed by atoms with van der Waals surface area (Å²) in [7, 11) is 0. The van der Waals surface area contributed by atoms with E-state index < -0.39 is 0 Å². The molecule has 16 heavy (non-hydrogen) atoms. The molecule has 0 fully saturated rings. The van der Waals surface area contributed by atoms with Gasteiger partial charge in [-0.25, -0.2) is 0 Å². The van der Waals surface area contributed by atoms with Gasteiger partial charge in [0.2, 0.25) is 0 Å². The van der Waals surface area contributed by atoms with Crippen molar-refractivity contribution in [2.75, 3.05) is 6.26 Å². The van der Waals surface area contributed by atoms with Crippen LogP contribution in [0.3, 0.4) is 0 Å². The van der Waals surface area contributed by atoms with Crippen LogP contribution in [0.2, 0.25) is 0 Å². The highest BCUT2D eigenvalue weighted by Crippen LogP contribution is 2.22. The lowest BCUT2D eigenvalue weighted by molar-refractivity contribution is 0.163. The van der Waals surface area contributed by atoms with Crippen LogP contribution in [0.15, 0.2) is 29.2 Å². The van der Waals surface area contributed by atoms with E-state index in [1.54, 1.807) is 11.8 Å². The van der Waals surface area contributed by atoms with Gasteiger partial charge in [-0.05, 0) is 30.4 Å². The van der Waals surface area contributed by atoms with Gasteiger partial charge in [-0.3, -0.25) is 0 Å². The van der Waals surface area contributed by atoms with Crippen molar-refractivity contribution in [3.05, 3.63) is 29.8 Å². The smallest absolute Gasteiger partial charge is 0.0790 e. The van der Waals surface area contributed by atoms with E-state index >= 15 is 0 Å². The van der Waals surface area contributed by atoms with Gasteiger partial charge in [0.15, 0.2) is 0 Å². The maximum atomic E-state index is 9.98. The fourth-order valence-corrected chi connectivity index (χ4v) is 2.17. The lowest BCUT2D eigenvalue weighted by Gasteiger charge is -2.11. The van der Waals surface area contributed by atoms with E-state index in [4.69, 9.17) is 0 Å². The highest BCUT2D eigenvalue weighted by molar-refractivity contribution is 7.98. The topological polar surface area (TPSA) is 20.2 Å². The van der Waals surface area contributed by atoms with Crippen LogP contribution in [0.25, 0.3) is 0 Å². The molecule has 0 heterocycles. The summed E-state index contributed by atoms with van der Waals surface area (Å²) in [6.45, 7) is 2.21. The van der Waals surface area contributed by atoms with Gasteiger partial charge < -0.3 is 5.11 Å². The van der Waals surface area contributed by atoms with Crippen LogP contribution in [0.1, 0.15) is 50.7 Å². The van der Waals surface area contributed by atoms with E-state index in [1.165, 1.54) is 24.2 Å². The molecule has 0 bridgehead atoms. The van der Waals surface area contributed by atoms with Gasteiger partial charge in [-0.15, -0.1) is 11.8 Å². The molecule has 0 radical (unpaired) electrons. The van der Waals surface area contributed by atoms with Crippen LogP contribution in [-0.2, 0) is 0 Å². The van der Waals surface area contributed by atoms with Crippen molar-refractivity contribution in [1.82, 2.24) is 0 Å². The van der Waals surface area contributed by atoms with Crippen molar-refractivity contribution in [1.29, 1.82) is 0 Å². The van der Waals surface area contributed by atoms with E-state index in [-0.39, 0.29) is 6.10 Å². The van der Waals surface area contributed by atoms with Gasteiger partial charge in [0.05, 0.1) is 6.10 Å². The van der Waals surface area contributed by atoms with Gasteiger partial charge in [0.25, 0.3) is 0 Å². The molecule has 0 aliphatic carbocycles. The molecule has 0 aliphatic rings. The summed E-state index contributed by atoms with van der Waals surface area (Å²) in [5.41, 5.74) is 1.05. The van der Waals surface area contributed by atoms with Crippen LogP contribution in [0.5, 0.6) is 0 Å². The van der Waals surface area contributed by atoms with Crippen molar-refractivity contribution in [2.24, 2.45) is 0 Å². The van der Waals surface area contributed by atoms with Crippen LogP contribution in [-0.4, -0.2) is 11.4 Å². The number of thioether (sulfide) groups is 1. The summed E-state index contributed by atoms with van der Waals surface area (Å²) in [6, 6.07) is 8.23. The number of hydrogen-bond donors (Lipinski definition) is 1. The van der Waals surface area contributed by atoms with E-state index in [0.29, 0.717) is 0 Å². The molecule has 1 aromatic carbocycles. The zero-order chi connectivity index (χ0) is 11.8. The Kier molecular flexibility index (Phi) is 6.58. The fraction of sp³-hybridized carbons (Fsp3) is 0.571. The number of aliphatic hydroxyl groups excluding tert-OH is 1. The number of rotatable bonds is 7. The predicted molar refractivity (Wildman–Crippen MR) is 71.9 cm³/mol. The van der Waals surface area contributed by atoms with Crippen LogP contribution in [0.4, 0.5) is 0 Å². The van der Waals surface area contributed by atoms with E-state index in [9.17, 15) is 5.11 Å². The zero-order valence-electron chi connectivity index (χ0n) is 10.3. The average molecular weight is 238 g/mol. The first-order chi connectivity index (χ1) is 7.77. The molecule has 1 N–H and O–H groups in total. The van der Waals surface area contributed by atoms with E-state index in [1.807, 2.05) is 12.1 Å². The van der Waals surface area contributed by atoms with Crippen LogP contribution in [0, 0.1) is 0 Å². The van der Waals surface area contributed by atoms with Crippen LogP contribution >= 0.6 is 11.8 Å². The second-order valence-electron chi connectivity index (χ2n) is 4.14. The maximum absolute atomic E-state index is 9.98. The molecule has 1 unspecified atom stereocenters. The molecule has 0 aromatic heterocycles. The Morgan fingerprint density at radius 3 is 2.38 bits per heavy atom. The van der Waals surface area contributed by atoms with Gasteiger partial charge in [0.1, 0.15) is 0 Å². The monoisotopic (exact) mass is 238 g/mol. The first-order valence-electron chi connectivity index (χ1n) is 6.10. The third-order valence-electron chi connectivity index (χ3n) is 2.83. The molecule has 1 aromatic rings. The van der Waals surface area contributed by atoms with Crippen molar-refractivity contribution >= 4 is 11.8 Å². The SMILES string of the molecule is CCCCCCC(O)c1ccc(SC)cc1. The van der Waals surface area contributed by atoms with Gasteiger partial charge >= 0.3 is 0 Å². The second kappa shape index (κ2) is 7.75. The van der Waals surface area contributed by atoms with Crippen LogP contribution < -0.4 is 0 Å². The molecule has 1 rings (SSSR count). The summed E-state index contributed by atoms with van der Waals surface area (Å²) in [6.07, 6.45) is 7.55. The molecule has 0 amide bonds. The van der Waals surface area contributed by atoms with Gasteiger partial charge in [-0.2, -0.15) is 0 Å². The molecule has 2 heteroatoms. The molecular weight excluding hydrogens is 216 g/mol. The third-order valence-corrected chi connectivity index (χ3v) is 3.58. The summed E-state index contributed by atoms with van der Waals surface area (Å²) >= 11 is 1.73. The van der Waals surface area contributed by atoms with Gasteiger partial charge in [0, 0.05) is 4.90 Å². The molecular formula is C14H22OS. The summed E-state index contributed by atoms with van der Waals surface area (Å²) in [5, 5.41) is 9.98. The van der Waals surface area contributed by atoms with Crippen molar-refractivity contribution in [3.8, 4) is 0 Å². The molecule has 0 saturated heterocycles. The minimum atomic E-state index is -0.284. The molecule has 1 atom stereocenters. The number of hydrogen-bond acceptors (Lipinski definition) is 2. The summed E-state index contributed by atoms with van der Waals surface area (Å²) in [4.78, 5) is 1.25. The fourth-order valence-electron chi connectivity index (χ4n) is 1.76. The molecule has 0 aliphatic heterocycles. The Morgan fingerprint density at radius 1 is 1.12 bits per heavy atom. The minimum absolute atomic E-state index is 0.284. The Bertz CT molecular complexity index is 281. The summed E-state index contributed by atoms with van der Waals surface area (Å²) < 4.78 is 0.